The number of hydrogen-bond acceptors (Lipinski definition) is 3. The predicted octanol–water partition coefficient (Wildman–Crippen LogP) is 3.20. The molecule has 3 N–H and O–H groups in total. The van der Waals surface area contributed by atoms with Gasteiger partial charge >= 0.3 is 0 Å². The van der Waals surface area contributed by atoms with Crippen molar-refractivity contribution in [2.24, 2.45) is 0 Å². The summed E-state index contributed by atoms with van der Waals surface area (Å²) in [5, 5.41) is 5.51. The van der Waals surface area contributed by atoms with E-state index in [1.54, 1.807) is 11.8 Å². The lowest BCUT2D eigenvalue weighted by Crippen LogP contribution is -2.02. The van der Waals surface area contributed by atoms with Gasteiger partial charge in [-0.2, -0.15) is 0 Å². The second-order valence-electron chi connectivity index (χ2n) is 3.99. The van der Waals surface area contributed by atoms with E-state index < -0.39 is 0 Å². The second-order valence-corrected chi connectivity index (χ2v) is 4.92. The summed E-state index contributed by atoms with van der Waals surface area (Å²) in [6.07, 6.45) is 4.17. The van der Waals surface area contributed by atoms with Crippen molar-refractivity contribution < 1.29 is 0 Å². The average molecular weight is 243 g/mol. The molecule has 1 aromatic carbocycles. The number of aromatic nitrogens is 1. The number of fused-ring (bicyclic) bond motifs is 1. The number of rotatable bonds is 1. The molecule has 1 aliphatic rings. The minimum Gasteiger partial charge on any atom is -0.385 e. The molecule has 17 heavy (non-hydrogen) atoms. The van der Waals surface area contributed by atoms with Gasteiger partial charge in [0.15, 0.2) is 0 Å². The summed E-state index contributed by atoms with van der Waals surface area (Å²) in [6.45, 7) is 0. The van der Waals surface area contributed by atoms with Crippen LogP contribution in [0.15, 0.2) is 40.9 Å². The van der Waals surface area contributed by atoms with Gasteiger partial charge in [-0.1, -0.05) is 36.0 Å². The molecule has 0 amide bonds. The minimum absolute atomic E-state index is 0.728. The van der Waals surface area contributed by atoms with Crippen LogP contribution >= 0.6 is 11.8 Å². The normalized spacial score (nSPS) is 17.5. The van der Waals surface area contributed by atoms with Gasteiger partial charge in [0.2, 0.25) is 0 Å². The van der Waals surface area contributed by atoms with E-state index >= 15 is 0 Å². The molecule has 3 rings (SSSR count). The van der Waals surface area contributed by atoms with Crippen LogP contribution in [0, 0.1) is 0 Å². The number of thioether (sulfide) groups is 1. The molecule has 2 aromatic rings. The van der Waals surface area contributed by atoms with Crippen molar-refractivity contribution >= 4 is 34.4 Å². The van der Waals surface area contributed by atoms with Crippen molar-refractivity contribution in [3.05, 3.63) is 46.6 Å². The Kier molecular flexibility index (Phi) is 2.37. The third-order valence-corrected chi connectivity index (χ3v) is 3.77. The maximum atomic E-state index is 5.97. The van der Waals surface area contributed by atoms with Crippen molar-refractivity contribution in [3.8, 4) is 0 Å². The average Bonchev–Trinajstić information content (AvgIpc) is 2.87. The van der Waals surface area contributed by atoms with Crippen molar-refractivity contribution in [2.75, 3.05) is 12.8 Å². The van der Waals surface area contributed by atoms with Crippen molar-refractivity contribution in [1.82, 2.24) is 9.88 Å². The van der Waals surface area contributed by atoms with Gasteiger partial charge in [-0.25, -0.2) is 0 Å². The first kappa shape index (κ1) is 10.4. The van der Waals surface area contributed by atoms with Gasteiger partial charge in [0.1, 0.15) is 5.82 Å². The number of nitrogen functional groups attached to an aromatic ring is 1. The Bertz CT molecular complexity index is 625. The van der Waals surface area contributed by atoms with Crippen molar-refractivity contribution in [1.29, 1.82) is 0 Å². The second kappa shape index (κ2) is 3.89. The van der Waals surface area contributed by atoms with E-state index in [0.717, 1.165) is 16.9 Å². The van der Waals surface area contributed by atoms with Crippen LogP contribution in [-0.2, 0) is 0 Å². The lowest BCUT2D eigenvalue weighted by Gasteiger charge is -2.09. The standard InChI is InChI=1S/C13H13N3S/c1-16-6-7-17-12(16)8-11-9-4-2-3-5-10(9)13(14)15-11/h2-8,15H,14H2,1H3. The molecule has 1 aromatic heterocycles. The smallest absolute Gasteiger partial charge is 0.109 e. The van der Waals surface area contributed by atoms with E-state index in [1.807, 2.05) is 31.4 Å². The van der Waals surface area contributed by atoms with Crippen LogP contribution in [0.25, 0.3) is 16.8 Å². The zero-order chi connectivity index (χ0) is 11.8. The van der Waals surface area contributed by atoms with E-state index in [9.17, 15) is 0 Å². The van der Waals surface area contributed by atoms with Crippen LogP contribution in [0.3, 0.4) is 0 Å². The number of aromatic amines is 1. The highest BCUT2D eigenvalue weighted by Gasteiger charge is 2.10. The Morgan fingerprint density at radius 2 is 2.06 bits per heavy atom. The highest BCUT2D eigenvalue weighted by molar-refractivity contribution is 8.06. The molecule has 4 heteroatoms. The SMILES string of the molecule is CN1C=CSC1=Cc1[nH]c(N)c2ccccc12. The van der Waals surface area contributed by atoms with Crippen LogP contribution in [-0.4, -0.2) is 16.9 Å². The fourth-order valence-electron chi connectivity index (χ4n) is 1.95. The first-order valence-corrected chi connectivity index (χ1v) is 6.28. The third kappa shape index (κ3) is 1.70. The molecule has 0 fully saturated rings. The quantitative estimate of drug-likeness (QED) is 0.808. The number of benzene rings is 1. The molecule has 0 atom stereocenters. The first-order valence-electron chi connectivity index (χ1n) is 5.40. The van der Waals surface area contributed by atoms with E-state index in [-0.39, 0.29) is 0 Å². The van der Waals surface area contributed by atoms with Crippen LogP contribution in [0.2, 0.25) is 0 Å². The molecular weight excluding hydrogens is 230 g/mol. The predicted molar refractivity (Wildman–Crippen MR) is 75.2 cm³/mol. The maximum absolute atomic E-state index is 5.97. The fourth-order valence-corrected chi connectivity index (χ4v) is 2.75. The molecule has 0 aliphatic carbocycles. The van der Waals surface area contributed by atoms with Gasteiger partial charge in [-0.05, 0) is 11.5 Å². The lowest BCUT2D eigenvalue weighted by atomic mass is 10.2. The first-order chi connectivity index (χ1) is 8.25. The molecule has 3 nitrogen and oxygen atoms in total. The summed E-state index contributed by atoms with van der Waals surface area (Å²) in [6, 6.07) is 8.15. The summed E-state index contributed by atoms with van der Waals surface area (Å²) < 4.78 is 0. The molecule has 0 unspecified atom stereocenters. The van der Waals surface area contributed by atoms with Crippen LogP contribution < -0.4 is 5.73 Å². The molecule has 1 aliphatic heterocycles. The molecule has 0 radical (unpaired) electrons. The van der Waals surface area contributed by atoms with Gasteiger partial charge in [0.25, 0.3) is 0 Å². The Balaban J connectivity index is 2.13. The zero-order valence-corrected chi connectivity index (χ0v) is 10.3. The molecule has 0 saturated heterocycles. The van der Waals surface area contributed by atoms with Gasteiger partial charge in [-0.3, -0.25) is 0 Å². The highest BCUT2D eigenvalue weighted by atomic mass is 32.2. The Morgan fingerprint density at radius 1 is 1.29 bits per heavy atom. The summed E-state index contributed by atoms with van der Waals surface area (Å²) >= 11 is 1.71. The summed E-state index contributed by atoms with van der Waals surface area (Å²) in [4.78, 5) is 5.33. The molecule has 86 valence electrons. The van der Waals surface area contributed by atoms with Crippen LogP contribution in [0.5, 0.6) is 0 Å². The summed E-state index contributed by atoms with van der Waals surface area (Å²) in [5.74, 6) is 0.728. The Labute approximate surface area is 104 Å². The van der Waals surface area contributed by atoms with Gasteiger partial charge in [-0.15, -0.1) is 0 Å². The van der Waals surface area contributed by atoms with E-state index in [4.69, 9.17) is 5.73 Å². The van der Waals surface area contributed by atoms with Crippen molar-refractivity contribution in [3.63, 3.8) is 0 Å². The highest BCUT2D eigenvalue weighted by Crippen LogP contribution is 2.32. The zero-order valence-electron chi connectivity index (χ0n) is 9.47. The topological polar surface area (TPSA) is 45.0 Å². The van der Waals surface area contributed by atoms with Crippen LogP contribution in [0.1, 0.15) is 5.69 Å². The number of anilines is 1. The molecule has 2 heterocycles. The van der Waals surface area contributed by atoms with Gasteiger partial charge in [0.05, 0.1) is 10.7 Å². The Morgan fingerprint density at radius 3 is 2.76 bits per heavy atom. The molecule has 0 bridgehead atoms. The minimum atomic E-state index is 0.728. The number of nitrogens with zero attached hydrogens (tertiary/aromatic N) is 1. The van der Waals surface area contributed by atoms with Crippen LogP contribution in [0.4, 0.5) is 5.82 Å². The number of nitrogens with two attached hydrogens (primary N) is 1. The monoisotopic (exact) mass is 243 g/mol. The summed E-state index contributed by atoms with van der Waals surface area (Å²) in [5.41, 5.74) is 7.03. The molecular formula is C13H13N3S. The van der Waals surface area contributed by atoms with Gasteiger partial charge < -0.3 is 15.6 Å². The lowest BCUT2D eigenvalue weighted by molar-refractivity contribution is 0.624. The number of nitrogens with one attached hydrogen (secondary N) is 1. The molecule has 0 spiro atoms. The maximum Gasteiger partial charge on any atom is 0.109 e. The van der Waals surface area contributed by atoms with Crippen molar-refractivity contribution in [2.45, 2.75) is 0 Å². The van der Waals surface area contributed by atoms with E-state index in [2.05, 4.69) is 27.4 Å². The largest absolute Gasteiger partial charge is 0.385 e. The van der Waals surface area contributed by atoms with E-state index in [1.165, 1.54) is 10.4 Å². The van der Waals surface area contributed by atoms with E-state index in [0.29, 0.717) is 0 Å². The molecule has 0 saturated carbocycles. The van der Waals surface area contributed by atoms with Gasteiger partial charge in [0, 0.05) is 24.0 Å². The Hall–Kier alpha value is -1.81. The fraction of sp³-hybridized carbons (Fsp3) is 0.0769. The number of hydrogen-bond donors (Lipinski definition) is 2. The number of H-pyrrole nitrogens is 1. The third-order valence-electron chi connectivity index (χ3n) is 2.87. The summed E-state index contributed by atoms with van der Waals surface area (Å²) in [7, 11) is 2.04.